The van der Waals surface area contributed by atoms with Crippen LogP contribution in [0.3, 0.4) is 0 Å². The molecule has 0 radical (unpaired) electrons. The van der Waals surface area contributed by atoms with Crippen LogP contribution in [0.15, 0.2) is 18.2 Å². The van der Waals surface area contributed by atoms with E-state index in [-0.39, 0.29) is 17.4 Å². The third kappa shape index (κ3) is 3.60. The quantitative estimate of drug-likeness (QED) is 0.753. The zero-order valence-corrected chi connectivity index (χ0v) is 11.2. The first-order valence-corrected chi connectivity index (χ1v) is 6.02. The molecule has 0 N–H and O–H groups in total. The molecule has 1 aromatic carbocycles. The maximum atomic E-state index is 13.1. The number of hydrogen-bond acceptors (Lipinski definition) is 2. The normalized spacial score (nSPS) is 13.1. The molecular weight excluding hydrogens is 236 g/mol. The SMILES string of the molecule is CC(C)CN(C)C(C)C(=O)c1ccc(F)c(F)c1. The monoisotopic (exact) mass is 255 g/mol. The van der Waals surface area contributed by atoms with Crippen molar-refractivity contribution in [3.05, 3.63) is 35.4 Å². The summed E-state index contributed by atoms with van der Waals surface area (Å²) in [4.78, 5) is 14.0. The van der Waals surface area contributed by atoms with E-state index in [4.69, 9.17) is 0 Å². The van der Waals surface area contributed by atoms with Crippen LogP contribution in [0.5, 0.6) is 0 Å². The first kappa shape index (κ1) is 14.8. The van der Waals surface area contributed by atoms with Gasteiger partial charge in [0.1, 0.15) is 0 Å². The summed E-state index contributed by atoms with van der Waals surface area (Å²) >= 11 is 0. The lowest BCUT2D eigenvalue weighted by molar-refractivity contribution is 0.0857. The molecule has 2 nitrogen and oxygen atoms in total. The van der Waals surface area contributed by atoms with Crippen molar-refractivity contribution in [3.8, 4) is 0 Å². The highest BCUT2D eigenvalue weighted by Crippen LogP contribution is 2.13. The predicted octanol–water partition coefficient (Wildman–Crippen LogP) is 3.12. The van der Waals surface area contributed by atoms with Gasteiger partial charge < -0.3 is 0 Å². The Kier molecular flexibility index (Phi) is 4.96. The van der Waals surface area contributed by atoms with Gasteiger partial charge in [-0.1, -0.05) is 13.8 Å². The van der Waals surface area contributed by atoms with Gasteiger partial charge in [0.15, 0.2) is 17.4 Å². The van der Waals surface area contributed by atoms with Crippen LogP contribution < -0.4 is 0 Å². The summed E-state index contributed by atoms with van der Waals surface area (Å²) in [7, 11) is 1.85. The summed E-state index contributed by atoms with van der Waals surface area (Å²) in [6.07, 6.45) is 0. The Bertz CT molecular complexity index is 432. The summed E-state index contributed by atoms with van der Waals surface area (Å²) in [5.41, 5.74) is 0.206. The lowest BCUT2D eigenvalue weighted by Crippen LogP contribution is -2.38. The number of Topliss-reactive ketones (excluding diaryl/α,β-unsaturated/α-hetero) is 1. The Balaban J connectivity index is 2.82. The van der Waals surface area contributed by atoms with Crippen LogP contribution in [0, 0.1) is 17.6 Å². The van der Waals surface area contributed by atoms with E-state index in [9.17, 15) is 13.6 Å². The van der Waals surface area contributed by atoms with E-state index in [2.05, 4.69) is 13.8 Å². The number of carbonyl (C=O) groups excluding carboxylic acids is 1. The van der Waals surface area contributed by atoms with Crippen LogP contribution in [0.4, 0.5) is 8.78 Å². The third-order valence-corrected chi connectivity index (χ3v) is 2.90. The average molecular weight is 255 g/mol. The lowest BCUT2D eigenvalue weighted by Gasteiger charge is -2.25. The van der Waals surface area contributed by atoms with Gasteiger partial charge in [-0.2, -0.15) is 0 Å². The molecule has 18 heavy (non-hydrogen) atoms. The highest BCUT2D eigenvalue weighted by Gasteiger charge is 2.21. The molecule has 0 saturated carbocycles. The molecule has 0 fully saturated rings. The predicted molar refractivity (Wildman–Crippen MR) is 67.6 cm³/mol. The summed E-state index contributed by atoms with van der Waals surface area (Å²) in [5, 5.41) is 0. The molecule has 0 aliphatic rings. The van der Waals surface area contributed by atoms with Gasteiger partial charge in [-0.25, -0.2) is 8.78 Å². The van der Waals surface area contributed by atoms with Crippen molar-refractivity contribution >= 4 is 5.78 Å². The maximum Gasteiger partial charge on any atom is 0.179 e. The van der Waals surface area contributed by atoms with Crippen LogP contribution in [-0.4, -0.2) is 30.3 Å². The number of rotatable bonds is 5. The van der Waals surface area contributed by atoms with Crippen molar-refractivity contribution in [1.82, 2.24) is 4.90 Å². The first-order valence-electron chi connectivity index (χ1n) is 6.02. The molecule has 0 amide bonds. The van der Waals surface area contributed by atoms with Crippen molar-refractivity contribution < 1.29 is 13.6 Å². The fourth-order valence-corrected chi connectivity index (χ4v) is 1.82. The van der Waals surface area contributed by atoms with E-state index in [1.54, 1.807) is 6.92 Å². The van der Waals surface area contributed by atoms with E-state index in [0.717, 1.165) is 18.7 Å². The number of halogens is 2. The van der Waals surface area contributed by atoms with E-state index >= 15 is 0 Å². The molecule has 0 saturated heterocycles. The van der Waals surface area contributed by atoms with E-state index in [1.807, 2.05) is 11.9 Å². The standard InChI is InChI=1S/C14H19F2NO/c1-9(2)8-17(4)10(3)14(18)11-5-6-12(15)13(16)7-11/h5-7,9-10H,8H2,1-4H3. The summed E-state index contributed by atoms with van der Waals surface area (Å²) in [5.74, 6) is -1.68. The fraction of sp³-hybridized carbons (Fsp3) is 0.500. The van der Waals surface area contributed by atoms with E-state index in [1.165, 1.54) is 6.07 Å². The molecule has 1 unspecified atom stereocenters. The lowest BCUT2D eigenvalue weighted by atomic mass is 10.0. The van der Waals surface area contributed by atoms with Gasteiger partial charge in [0, 0.05) is 12.1 Å². The topological polar surface area (TPSA) is 20.3 Å². The third-order valence-electron chi connectivity index (χ3n) is 2.90. The fourth-order valence-electron chi connectivity index (χ4n) is 1.82. The van der Waals surface area contributed by atoms with Gasteiger partial charge in [0.05, 0.1) is 6.04 Å². The Hall–Kier alpha value is -1.29. The molecule has 1 rings (SSSR count). The number of ketones is 1. The minimum Gasteiger partial charge on any atom is -0.296 e. The first-order chi connectivity index (χ1) is 8.32. The molecule has 0 heterocycles. The zero-order valence-electron chi connectivity index (χ0n) is 11.2. The molecule has 0 aliphatic heterocycles. The summed E-state index contributed by atoms with van der Waals surface area (Å²) in [6.45, 7) is 6.67. The van der Waals surface area contributed by atoms with E-state index < -0.39 is 11.6 Å². The van der Waals surface area contributed by atoms with Crippen LogP contribution in [-0.2, 0) is 0 Å². The van der Waals surface area contributed by atoms with Crippen molar-refractivity contribution in [2.24, 2.45) is 5.92 Å². The van der Waals surface area contributed by atoms with Gasteiger partial charge in [-0.15, -0.1) is 0 Å². The Morgan fingerprint density at radius 3 is 2.33 bits per heavy atom. The Morgan fingerprint density at radius 2 is 1.83 bits per heavy atom. The minimum absolute atomic E-state index is 0.197. The second-order valence-electron chi connectivity index (χ2n) is 5.00. The van der Waals surface area contributed by atoms with E-state index in [0.29, 0.717) is 5.92 Å². The molecule has 4 heteroatoms. The number of carbonyl (C=O) groups is 1. The smallest absolute Gasteiger partial charge is 0.179 e. The zero-order chi connectivity index (χ0) is 13.9. The molecule has 1 aromatic rings. The van der Waals surface area contributed by atoms with Crippen LogP contribution >= 0.6 is 0 Å². The molecule has 100 valence electrons. The van der Waals surface area contributed by atoms with Gasteiger partial charge in [0.25, 0.3) is 0 Å². The van der Waals surface area contributed by atoms with Crippen LogP contribution in [0.2, 0.25) is 0 Å². The average Bonchev–Trinajstić information content (AvgIpc) is 2.30. The molecule has 0 aliphatic carbocycles. The Labute approximate surface area is 107 Å². The number of likely N-dealkylation sites (N-methyl/N-ethyl adjacent to an activating group) is 1. The number of benzene rings is 1. The van der Waals surface area contributed by atoms with Crippen LogP contribution in [0.25, 0.3) is 0 Å². The van der Waals surface area contributed by atoms with Crippen molar-refractivity contribution in [3.63, 3.8) is 0 Å². The number of nitrogens with zero attached hydrogens (tertiary/aromatic N) is 1. The molecule has 0 spiro atoms. The summed E-state index contributed by atoms with van der Waals surface area (Å²) in [6, 6.07) is 2.91. The second-order valence-corrected chi connectivity index (χ2v) is 5.00. The highest BCUT2D eigenvalue weighted by molar-refractivity contribution is 5.99. The van der Waals surface area contributed by atoms with Gasteiger partial charge in [0.2, 0.25) is 0 Å². The van der Waals surface area contributed by atoms with Gasteiger partial charge >= 0.3 is 0 Å². The molecule has 0 aromatic heterocycles. The Morgan fingerprint density at radius 1 is 1.22 bits per heavy atom. The van der Waals surface area contributed by atoms with Crippen molar-refractivity contribution in [2.75, 3.05) is 13.6 Å². The highest BCUT2D eigenvalue weighted by atomic mass is 19.2. The largest absolute Gasteiger partial charge is 0.296 e. The van der Waals surface area contributed by atoms with Gasteiger partial charge in [-0.05, 0) is 38.1 Å². The maximum absolute atomic E-state index is 13.1. The molecular formula is C14H19F2NO. The van der Waals surface area contributed by atoms with Crippen LogP contribution in [0.1, 0.15) is 31.1 Å². The number of hydrogen-bond donors (Lipinski definition) is 0. The van der Waals surface area contributed by atoms with Crippen molar-refractivity contribution in [1.29, 1.82) is 0 Å². The molecule has 1 atom stereocenters. The van der Waals surface area contributed by atoms with Gasteiger partial charge in [-0.3, -0.25) is 9.69 Å². The minimum atomic E-state index is -0.987. The second kappa shape index (κ2) is 6.05. The summed E-state index contributed by atoms with van der Waals surface area (Å²) < 4.78 is 25.9. The molecule has 0 bridgehead atoms. The van der Waals surface area contributed by atoms with Crippen molar-refractivity contribution in [2.45, 2.75) is 26.8 Å².